The highest BCUT2D eigenvalue weighted by molar-refractivity contribution is 5.90. The fourth-order valence-electron chi connectivity index (χ4n) is 4.04. The SMILES string of the molecule is O=c1cccc(-c2cc3nc(-c4ccc5ncccc5c4)c(-c4ccccc4)nc3[nH]c2=O)[nH]1. The van der Waals surface area contributed by atoms with Crippen molar-refractivity contribution in [3.8, 4) is 33.8 Å². The summed E-state index contributed by atoms with van der Waals surface area (Å²) >= 11 is 0. The van der Waals surface area contributed by atoms with Crippen LogP contribution in [-0.4, -0.2) is 24.9 Å². The summed E-state index contributed by atoms with van der Waals surface area (Å²) in [5, 5.41) is 0.991. The second-order valence-electron chi connectivity index (χ2n) is 7.87. The van der Waals surface area contributed by atoms with Crippen molar-refractivity contribution in [1.29, 1.82) is 0 Å². The first-order valence-electron chi connectivity index (χ1n) is 10.7. The molecular formula is C27H17N5O2. The Kier molecular flexibility index (Phi) is 4.59. The summed E-state index contributed by atoms with van der Waals surface area (Å²) in [5.41, 5.74) is 4.99. The molecule has 0 unspecified atom stereocenters. The number of fused-ring (bicyclic) bond motifs is 2. The second kappa shape index (κ2) is 7.90. The van der Waals surface area contributed by atoms with Crippen molar-refractivity contribution in [2.75, 3.05) is 0 Å². The lowest BCUT2D eigenvalue weighted by Crippen LogP contribution is -2.14. The van der Waals surface area contributed by atoms with Gasteiger partial charge in [0.15, 0.2) is 5.65 Å². The van der Waals surface area contributed by atoms with Crippen molar-refractivity contribution in [2.45, 2.75) is 0 Å². The number of benzene rings is 2. The van der Waals surface area contributed by atoms with Crippen LogP contribution in [0.5, 0.6) is 0 Å². The van der Waals surface area contributed by atoms with Crippen molar-refractivity contribution >= 4 is 22.1 Å². The number of H-pyrrole nitrogens is 2. The molecular weight excluding hydrogens is 426 g/mol. The first kappa shape index (κ1) is 19.8. The number of hydrogen-bond acceptors (Lipinski definition) is 5. The Bertz CT molecular complexity index is 1810. The van der Waals surface area contributed by atoms with Crippen molar-refractivity contribution in [1.82, 2.24) is 24.9 Å². The number of rotatable bonds is 3. The molecule has 0 bridgehead atoms. The van der Waals surface area contributed by atoms with E-state index in [1.54, 1.807) is 24.4 Å². The van der Waals surface area contributed by atoms with Gasteiger partial charge in [-0.2, -0.15) is 0 Å². The lowest BCUT2D eigenvalue weighted by atomic mass is 10.0. The van der Waals surface area contributed by atoms with Crippen LogP contribution < -0.4 is 11.1 Å². The molecule has 0 aliphatic rings. The molecule has 6 rings (SSSR count). The largest absolute Gasteiger partial charge is 0.322 e. The zero-order chi connectivity index (χ0) is 23.1. The van der Waals surface area contributed by atoms with Gasteiger partial charge in [-0.15, -0.1) is 0 Å². The molecule has 162 valence electrons. The smallest absolute Gasteiger partial charge is 0.259 e. The summed E-state index contributed by atoms with van der Waals surface area (Å²) in [5.74, 6) is 0. The predicted molar refractivity (Wildman–Crippen MR) is 132 cm³/mol. The maximum absolute atomic E-state index is 12.8. The average Bonchev–Trinajstić information content (AvgIpc) is 2.88. The van der Waals surface area contributed by atoms with Crippen LogP contribution in [0.2, 0.25) is 0 Å². The van der Waals surface area contributed by atoms with E-state index in [9.17, 15) is 9.59 Å². The van der Waals surface area contributed by atoms with Gasteiger partial charge in [0.25, 0.3) is 5.56 Å². The van der Waals surface area contributed by atoms with E-state index in [-0.39, 0.29) is 11.1 Å². The first-order valence-corrected chi connectivity index (χ1v) is 10.7. The van der Waals surface area contributed by atoms with Crippen LogP contribution in [0, 0.1) is 0 Å². The standard InChI is InChI=1S/C27H17N5O2/c33-23-10-4-9-21(29-23)19-15-22-26(32-27(19)34)31-24(16-6-2-1-3-7-16)25(30-22)18-11-12-20-17(14-18)8-5-13-28-20/h1-15H,(H,29,33)(H,31,32,34). The molecule has 0 radical (unpaired) electrons. The maximum atomic E-state index is 12.8. The van der Waals surface area contributed by atoms with E-state index >= 15 is 0 Å². The molecule has 0 saturated heterocycles. The van der Waals surface area contributed by atoms with Crippen molar-refractivity contribution in [2.24, 2.45) is 0 Å². The van der Waals surface area contributed by atoms with Crippen molar-refractivity contribution in [3.63, 3.8) is 0 Å². The Balaban J connectivity index is 1.64. The minimum Gasteiger partial charge on any atom is -0.322 e. The van der Waals surface area contributed by atoms with E-state index in [4.69, 9.17) is 9.97 Å². The first-order chi connectivity index (χ1) is 16.7. The van der Waals surface area contributed by atoms with Crippen LogP contribution in [0.4, 0.5) is 0 Å². The normalized spacial score (nSPS) is 11.2. The number of nitrogens with one attached hydrogen (secondary N) is 2. The number of hydrogen-bond donors (Lipinski definition) is 2. The molecule has 4 heterocycles. The van der Waals surface area contributed by atoms with Gasteiger partial charge < -0.3 is 9.97 Å². The van der Waals surface area contributed by atoms with Gasteiger partial charge in [0.05, 0.1) is 28.2 Å². The summed E-state index contributed by atoms with van der Waals surface area (Å²) in [4.78, 5) is 44.3. The Labute approximate surface area is 192 Å². The quantitative estimate of drug-likeness (QED) is 0.417. The van der Waals surface area contributed by atoms with Gasteiger partial charge in [0.2, 0.25) is 5.56 Å². The molecule has 0 spiro atoms. The highest BCUT2D eigenvalue weighted by Gasteiger charge is 2.16. The summed E-state index contributed by atoms with van der Waals surface area (Å²) in [6, 6.07) is 25.9. The van der Waals surface area contributed by atoms with Crippen LogP contribution >= 0.6 is 0 Å². The van der Waals surface area contributed by atoms with Gasteiger partial charge in [-0.1, -0.05) is 48.5 Å². The monoisotopic (exact) mass is 443 g/mol. The molecule has 0 atom stereocenters. The molecule has 6 aromatic rings. The fraction of sp³-hybridized carbons (Fsp3) is 0. The molecule has 0 saturated carbocycles. The van der Waals surface area contributed by atoms with Crippen LogP contribution in [0.1, 0.15) is 0 Å². The van der Waals surface area contributed by atoms with Crippen LogP contribution in [0.3, 0.4) is 0 Å². The Morgan fingerprint density at radius 1 is 0.647 bits per heavy atom. The topological polar surface area (TPSA) is 104 Å². The zero-order valence-corrected chi connectivity index (χ0v) is 17.8. The molecule has 0 aliphatic carbocycles. The zero-order valence-electron chi connectivity index (χ0n) is 17.8. The molecule has 0 amide bonds. The van der Waals surface area contributed by atoms with E-state index in [1.165, 1.54) is 6.07 Å². The number of pyridine rings is 3. The highest BCUT2D eigenvalue weighted by atomic mass is 16.1. The fourth-order valence-corrected chi connectivity index (χ4v) is 4.04. The molecule has 7 nitrogen and oxygen atoms in total. The van der Waals surface area contributed by atoms with E-state index in [0.29, 0.717) is 33.8 Å². The minimum absolute atomic E-state index is 0.284. The Morgan fingerprint density at radius 2 is 1.50 bits per heavy atom. The van der Waals surface area contributed by atoms with E-state index < -0.39 is 0 Å². The van der Waals surface area contributed by atoms with Gasteiger partial charge >= 0.3 is 0 Å². The molecule has 7 heteroatoms. The lowest BCUT2D eigenvalue weighted by Gasteiger charge is -2.12. The minimum atomic E-state index is -0.354. The second-order valence-corrected chi connectivity index (χ2v) is 7.87. The molecule has 2 N–H and O–H groups in total. The van der Waals surface area contributed by atoms with Crippen molar-refractivity contribution < 1.29 is 0 Å². The summed E-state index contributed by atoms with van der Waals surface area (Å²) in [6.07, 6.45) is 1.76. The number of aromatic nitrogens is 5. The highest BCUT2D eigenvalue weighted by Crippen LogP contribution is 2.32. The van der Waals surface area contributed by atoms with Gasteiger partial charge in [0, 0.05) is 28.8 Å². The summed E-state index contributed by atoms with van der Waals surface area (Å²) < 4.78 is 0. The third-order valence-electron chi connectivity index (χ3n) is 5.66. The molecule has 34 heavy (non-hydrogen) atoms. The van der Waals surface area contributed by atoms with E-state index in [1.807, 2.05) is 60.7 Å². The average molecular weight is 443 g/mol. The Morgan fingerprint density at radius 3 is 2.35 bits per heavy atom. The summed E-state index contributed by atoms with van der Waals surface area (Å²) in [6.45, 7) is 0. The van der Waals surface area contributed by atoms with E-state index in [0.717, 1.165) is 22.0 Å². The molecule has 0 fully saturated rings. The third kappa shape index (κ3) is 3.45. The third-order valence-corrected chi connectivity index (χ3v) is 5.66. The molecule has 4 aromatic heterocycles. The van der Waals surface area contributed by atoms with Gasteiger partial charge in [-0.25, -0.2) is 9.97 Å². The van der Waals surface area contributed by atoms with Crippen LogP contribution in [-0.2, 0) is 0 Å². The van der Waals surface area contributed by atoms with Crippen molar-refractivity contribution in [3.05, 3.63) is 112 Å². The molecule has 2 aromatic carbocycles. The number of aromatic amines is 2. The summed E-state index contributed by atoms with van der Waals surface area (Å²) in [7, 11) is 0. The van der Waals surface area contributed by atoms with E-state index in [2.05, 4.69) is 15.0 Å². The number of nitrogens with zero attached hydrogens (tertiary/aromatic N) is 3. The van der Waals surface area contributed by atoms with Crippen LogP contribution in [0.15, 0.2) is 101 Å². The Hall–Kier alpha value is -4.91. The lowest BCUT2D eigenvalue weighted by molar-refractivity contribution is 1.17. The predicted octanol–water partition coefficient (Wildman–Crippen LogP) is 4.56. The van der Waals surface area contributed by atoms with Crippen LogP contribution in [0.25, 0.3) is 55.8 Å². The molecule has 0 aliphatic heterocycles. The van der Waals surface area contributed by atoms with Gasteiger partial charge in [-0.05, 0) is 30.3 Å². The maximum Gasteiger partial charge on any atom is 0.259 e. The van der Waals surface area contributed by atoms with Gasteiger partial charge in [0.1, 0.15) is 5.52 Å². The van der Waals surface area contributed by atoms with Gasteiger partial charge in [-0.3, -0.25) is 14.6 Å².